The molecule has 0 aliphatic carbocycles. The summed E-state index contributed by atoms with van der Waals surface area (Å²) >= 11 is 1.69. The summed E-state index contributed by atoms with van der Waals surface area (Å²) in [4.78, 5) is 22.9. The molecule has 5 aromatic rings. The smallest absolute Gasteiger partial charge is 0.255 e. The Morgan fingerprint density at radius 2 is 1.94 bits per heavy atom. The second-order valence-electron chi connectivity index (χ2n) is 7.18. The number of fused-ring (bicyclic) bond motifs is 2. The molecule has 0 atom stereocenters. The molecular weight excluding hydrogens is 420 g/mol. The van der Waals surface area contributed by atoms with Crippen LogP contribution in [0.2, 0.25) is 0 Å². The van der Waals surface area contributed by atoms with E-state index in [1.165, 1.54) is 0 Å². The van der Waals surface area contributed by atoms with E-state index in [9.17, 15) is 4.79 Å². The Balaban J connectivity index is 1.28. The molecule has 2 aromatic carbocycles. The minimum Gasteiger partial charge on any atom is -0.494 e. The van der Waals surface area contributed by atoms with Crippen LogP contribution < -0.4 is 10.1 Å². The van der Waals surface area contributed by atoms with Crippen molar-refractivity contribution in [3.8, 4) is 5.75 Å². The van der Waals surface area contributed by atoms with Crippen LogP contribution in [-0.2, 0) is 5.75 Å². The van der Waals surface area contributed by atoms with E-state index in [4.69, 9.17) is 4.74 Å². The number of nitrogens with one attached hydrogen (secondary N) is 1. The Bertz CT molecular complexity index is 1380. The molecule has 0 unspecified atom stereocenters. The third-order valence-corrected chi connectivity index (χ3v) is 6.16. The number of nitrogens with zero attached hydrogens (tertiary/aromatic N) is 3. The first kappa shape index (κ1) is 20.1. The van der Waals surface area contributed by atoms with Gasteiger partial charge in [0.2, 0.25) is 0 Å². The Morgan fingerprint density at radius 3 is 2.75 bits per heavy atom. The van der Waals surface area contributed by atoms with Gasteiger partial charge in [-0.1, -0.05) is 6.07 Å². The molecule has 0 bridgehead atoms. The van der Waals surface area contributed by atoms with Crippen molar-refractivity contribution in [1.29, 1.82) is 0 Å². The maximum Gasteiger partial charge on any atom is 0.255 e. The van der Waals surface area contributed by atoms with Crippen LogP contribution in [0.4, 0.5) is 5.69 Å². The zero-order valence-electron chi connectivity index (χ0n) is 17.4. The number of pyridine rings is 2. The molecule has 3 heterocycles. The fourth-order valence-electron chi connectivity index (χ4n) is 3.53. The number of amides is 1. The molecule has 1 N–H and O–H groups in total. The minimum atomic E-state index is -0.169. The van der Waals surface area contributed by atoms with Crippen LogP contribution >= 0.6 is 11.8 Å². The average molecular weight is 441 g/mol. The molecule has 3 aromatic heterocycles. The number of rotatable bonds is 6. The van der Waals surface area contributed by atoms with Gasteiger partial charge < -0.3 is 14.5 Å². The van der Waals surface area contributed by atoms with Gasteiger partial charge >= 0.3 is 0 Å². The van der Waals surface area contributed by atoms with E-state index in [1.54, 1.807) is 25.1 Å². The monoisotopic (exact) mass is 440 g/mol. The van der Waals surface area contributed by atoms with Gasteiger partial charge in [0.25, 0.3) is 5.91 Å². The molecule has 0 radical (unpaired) electrons. The van der Waals surface area contributed by atoms with E-state index in [-0.39, 0.29) is 5.91 Å². The normalized spacial score (nSPS) is 11.0. The van der Waals surface area contributed by atoms with E-state index >= 15 is 0 Å². The molecule has 0 fully saturated rings. The summed E-state index contributed by atoms with van der Waals surface area (Å²) in [7, 11) is 1.61. The number of ether oxygens (including phenoxy) is 1. The van der Waals surface area contributed by atoms with Gasteiger partial charge in [-0.05, 0) is 60.7 Å². The number of carbonyl (C=O) groups excluding carboxylic acids is 1. The molecule has 0 saturated heterocycles. The molecule has 5 rings (SSSR count). The summed E-state index contributed by atoms with van der Waals surface area (Å²) in [5.41, 5.74) is 3.96. The van der Waals surface area contributed by atoms with Crippen molar-refractivity contribution in [3.05, 3.63) is 96.6 Å². The second kappa shape index (κ2) is 8.72. The van der Waals surface area contributed by atoms with Crippen molar-refractivity contribution in [3.63, 3.8) is 0 Å². The minimum absolute atomic E-state index is 0.169. The number of hydrogen-bond acceptors (Lipinski definition) is 5. The molecule has 6 nitrogen and oxygen atoms in total. The van der Waals surface area contributed by atoms with Gasteiger partial charge in [0.15, 0.2) is 0 Å². The van der Waals surface area contributed by atoms with Crippen molar-refractivity contribution < 1.29 is 9.53 Å². The molecular formula is C25H20N4O2S. The third kappa shape index (κ3) is 4.02. The molecule has 32 heavy (non-hydrogen) atoms. The van der Waals surface area contributed by atoms with Gasteiger partial charge in [0.05, 0.1) is 18.5 Å². The molecule has 1 amide bonds. The van der Waals surface area contributed by atoms with E-state index in [1.807, 2.05) is 83.5 Å². The summed E-state index contributed by atoms with van der Waals surface area (Å²) in [6, 6.07) is 21.0. The number of methoxy groups -OCH3 is 1. The van der Waals surface area contributed by atoms with Gasteiger partial charge in [0, 0.05) is 40.2 Å². The van der Waals surface area contributed by atoms with E-state index in [0.717, 1.165) is 27.4 Å². The maximum atomic E-state index is 12.8. The van der Waals surface area contributed by atoms with Gasteiger partial charge in [-0.2, -0.15) is 0 Å². The largest absolute Gasteiger partial charge is 0.494 e. The molecule has 0 saturated carbocycles. The van der Waals surface area contributed by atoms with Crippen molar-refractivity contribution in [2.24, 2.45) is 0 Å². The molecule has 7 heteroatoms. The predicted molar refractivity (Wildman–Crippen MR) is 127 cm³/mol. The van der Waals surface area contributed by atoms with Crippen LogP contribution in [0.15, 0.2) is 90.2 Å². The summed E-state index contributed by atoms with van der Waals surface area (Å²) in [5, 5.41) is 3.82. The summed E-state index contributed by atoms with van der Waals surface area (Å²) in [5.74, 6) is 1.26. The first-order chi connectivity index (χ1) is 15.7. The quantitative estimate of drug-likeness (QED) is 0.356. The van der Waals surface area contributed by atoms with Crippen LogP contribution in [0.25, 0.3) is 16.6 Å². The van der Waals surface area contributed by atoms with E-state index in [2.05, 4.69) is 15.3 Å². The summed E-state index contributed by atoms with van der Waals surface area (Å²) in [6.45, 7) is 0. The highest BCUT2D eigenvalue weighted by molar-refractivity contribution is 7.98. The molecule has 0 aliphatic rings. The Labute approximate surface area is 189 Å². The third-order valence-electron chi connectivity index (χ3n) is 5.12. The van der Waals surface area contributed by atoms with Gasteiger partial charge in [-0.25, -0.2) is 4.98 Å². The van der Waals surface area contributed by atoms with Crippen LogP contribution in [0.3, 0.4) is 0 Å². The van der Waals surface area contributed by atoms with Gasteiger partial charge in [0.1, 0.15) is 16.9 Å². The highest BCUT2D eigenvalue weighted by atomic mass is 32.2. The number of hydrogen-bond donors (Lipinski definition) is 1. The van der Waals surface area contributed by atoms with Crippen molar-refractivity contribution in [2.75, 3.05) is 12.4 Å². The Kier molecular flexibility index (Phi) is 5.47. The zero-order valence-corrected chi connectivity index (χ0v) is 18.2. The SMILES string of the molecule is COc1ccc(NC(=O)c2ccc(SCc3cn4ccccc4n3)cc2)c2cccnc12. The van der Waals surface area contributed by atoms with Crippen LogP contribution in [-0.4, -0.2) is 27.4 Å². The summed E-state index contributed by atoms with van der Waals surface area (Å²) < 4.78 is 7.39. The number of anilines is 1. The van der Waals surface area contributed by atoms with Crippen LogP contribution in [0.5, 0.6) is 5.75 Å². The lowest BCUT2D eigenvalue weighted by atomic mass is 10.1. The number of carbonyl (C=O) groups is 1. The Hall–Kier alpha value is -3.84. The zero-order chi connectivity index (χ0) is 21.9. The van der Waals surface area contributed by atoms with E-state index in [0.29, 0.717) is 22.5 Å². The summed E-state index contributed by atoms with van der Waals surface area (Å²) in [6.07, 6.45) is 5.74. The predicted octanol–water partition coefficient (Wildman–Crippen LogP) is 5.44. The lowest BCUT2D eigenvalue weighted by Gasteiger charge is -2.11. The highest BCUT2D eigenvalue weighted by Gasteiger charge is 2.12. The fourth-order valence-corrected chi connectivity index (χ4v) is 4.31. The van der Waals surface area contributed by atoms with E-state index < -0.39 is 0 Å². The fraction of sp³-hybridized carbons (Fsp3) is 0.0800. The lowest BCUT2D eigenvalue weighted by molar-refractivity contribution is 0.102. The topological polar surface area (TPSA) is 68.5 Å². The second-order valence-corrected chi connectivity index (χ2v) is 8.23. The number of thioether (sulfide) groups is 1. The number of benzene rings is 2. The number of imidazole rings is 1. The lowest BCUT2D eigenvalue weighted by Crippen LogP contribution is -2.12. The molecule has 0 aliphatic heterocycles. The standard InChI is InChI=1S/C25H20N4O2S/c1-31-22-12-11-21(20-5-4-13-26-24(20)22)28-25(30)17-7-9-19(10-8-17)32-16-18-15-29-14-3-2-6-23(29)27-18/h2-15H,16H2,1H3,(H,28,30). The maximum absolute atomic E-state index is 12.8. The first-order valence-corrected chi connectivity index (χ1v) is 11.1. The van der Waals surface area contributed by atoms with Crippen LogP contribution in [0, 0.1) is 0 Å². The Morgan fingerprint density at radius 1 is 1.06 bits per heavy atom. The number of aromatic nitrogens is 3. The average Bonchev–Trinajstić information content (AvgIpc) is 3.26. The van der Waals surface area contributed by atoms with Crippen molar-refractivity contribution in [2.45, 2.75) is 10.6 Å². The van der Waals surface area contributed by atoms with Crippen LogP contribution in [0.1, 0.15) is 16.1 Å². The molecule has 0 spiro atoms. The van der Waals surface area contributed by atoms with Crippen molar-refractivity contribution >= 4 is 39.9 Å². The first-order valence-electron chi connectivity index (χ1n) is 10.1. The van der Waals surface area contributed by atoms with Crippen molar-refractivity contribution in [1.82, 2.24) is 14.4 Å². The van der Waals surface area contributed by atoms with Gasteiger partial charge in [-0.15, -0.1) is 11.8 Å². The highest BCUT2D eigenvalue weighted by Crippen LogP contribution is 2.30. The molecule has 158 valence electrons. The van der Waals surface area contributed by atoms with Gasteiger partial charge in [-0.3, -0.25) is 9.78 Å².